The molecule has 0 aliphatic heterocycles. The number of nitrogens with zero attached hydrogens (tertiary/aromatic N) is 4. The lowest BCUT2D eigenvalue weighted by Crippen LogP contribution is -2.29. The van der Waals surface area contributed by atoms with Crippen LogP contribution in [0.1, 0.15) is 79.6 Å². The lowest BCUT2D eigenvalue weighted by molar-refractivity contribution is -0.116. The topological polar surface area (TPSA) is 51.0 Å². The minimum Gasteiger partial charge on any atom is -0.294 e. The van der Waals surface area contributed by atoms with Gasteiger partial charge in [0.15, 0.2) is 5.82 Å². The Morgan fingerprint density at radius 1 is 1.25 bits per heavy atom. The lowest BCUT2D eigenvalue weighted by atomic mass is 9.88. The van der Waals surface area contributed by atoms with Gasteiger partial charge in [-0.1, -0.05) is 58.6 Å². The molecule has 0 saturated heterocycles. The Kier molecular flexibility index (Phi) is 9.65. The van der Waals surface area contributed by atoms with Gasteiger partial charge in [0.2, 0.25) is 5.91 Å². The van der Waals surface area contributed by atoms with Gasteiger partial charge in [0.1, 0.15) is 0 Å². The van der Waals surface area contributed by atoms with Crippen molar-refractivity contribution >= 4 is 11.7 Å². The molecule has 0 spiro atoms. The molecule has 2 unspecified atom stereocenters. The first-order chi connectivity index (χ1) is 11.5. The molecule has 1 aromatic rings. The van der Waals surface area contributed by atoms with Gasteiger partial charge in [-0.05, 0) is 31.1 Å². The van der Waals surface area contributed by atoms with Gasteiger partial charge in [-0.3, -0.25) is 14.4 Å². The SMILES string of the molecule is CCCCC(C)CC(CC)CCn1cc(N(CCC)C(C)=O)nn1. The number of unbranched alkanes of at least 4 members (excludes halogenated alkanes) is 1. The normalized spacial score (nSPS) is 13.7. The van der Waals surface area contributed by atoms with Crippen LogP contribution >= 0.6 is 0 Å². The van der Waals surface area contributed by atoms with Crippen LogP contribution < -0.4 is 4.90 Å². The highest BCUT2D eigenvalue weighted by Crippen LogP contribution is 2.23. The largest absolute Gasteiger partial charge is 0.294 e. The van der Waals surface area contributed by atoms with Gasteiger partial charge in [0.05, 0.1) is 6.20 Å². The maximum absolute atomic E-state index is 11.7. The molecule has 1 aromatic heterocycles. The van der Waals surface area contributed by atoms with Crippen molar-refractivity contribution < 1.29 is 4.79 Å². The van der Waals surface area contributed by atoms with Crippen molar-refractivity contribution in [3.05, 3.63) is 6.20 Å². The van der Waals surface area contributed by atoms with E-state index in [9.17, 15) is 4.79 Å². The third-order valence-electron chi connectivity index (χ3n) is 4.76. The molecule has 0 N–H and O–H groups in total. The van der Waals surface area contributed by atoms with Crippen molar-refractivity contribution in [2.45, 2.75) is 86.1 Å². The van der Waals surface area contributed by atoms with E-state index >= 15 is 0 Å². The predicted molar refractivity (Wildman–Crippen MR) is 100 cm³/mol. The molecular weight excluding hydrogens is 300 g/mol. The monoisotopic (exact) mass is 336 g/mol. The number of carbonyl (C=O) groups excluding carboxylic acids is 1. The zero-order valence-corrected chi connectivity index (χ0v) is 16.3. The summed E-state index contributed by atoms with van der Waals surface area (Å²) in [5.74, 6) is 2.25. The molecule has 0 saturated carbocycles. The fraction of sp³-hybridized carbons (Fsp3) is 0.842. The van der Waals surface area contributed by atoms with E-state index in [2.05, 4.69) is 38.0 Å². The van der Waals surface area contributed by atoms with Crippen molar-refractivity contribution in [3.8, 4) is 0 Å². The molecule has 1 amide bonds. The summed E-state index contributed by atoms with van der Waals surface area (Å²) in [7, 11) is 0. The lowest BCUT2D eigenvalue weighted by Gasteiger charge is -2.19. The van der Waals surface area contributed by atoms with Gasteiger partial charge >= 0.3 is 0 Å². The van der Waals surface area contributed by atoms with Crippen LogP contribution in [-0.4, -0.2) is 27.4 Å². The fourth-order valence-corrected chi connectivity index (χ4v) is 3.22. The van der Waals surface area contributed by atoms with E-state index in [0.717, 1.165) is 31.2 Å². The second-order valence-corrected chi connectivity index (χ2v) is 7.06. The highest BCUT2D eigenvalue weighted by atomic mass is 16.2. The van der Waals surface area contributed by atoms with E-state index in [1.54, 1.807) is 11.8 Å². The highest BCUT2D eigenvalue weighted by molar-refractivity contribution is 5.90. The Bertz CT molecular complexity index is 472. The summed E-state index contributed by atoms with van der Waals surface area (Å²) >= 11 is 0. The Hall–Kier alpha value is -1.39. The molecule has 138 valence electrons. The number of amides is 1. The van der Waals surface area contributed by atoms with E-state index in [1.165, 1.54) is 32.1 Å². The second kappa shape index (κ2) is 11.2. The first kappa shape index (κ1) is 20.7. The zero-order valence-electron chi connectivity index (χ0n) is 16.3. The summed E-state index contributed by atoms with van der Waals surface area (Å²) in [5, 5.41) is 8.39. The van der Waals surface area contributed by atoms with Crippen molar-refractivity contribution in [3.63, 3.8) is 0 Å². The summed E-state index contributed by atoms with van der Waals surface area (Å²) in [6.07, 6.45) is 10.4. The molecule has 0 aliphatic rings. The van der Waals surface area contributed by atoms with Crippen LogP contribution in [-0.2, 0) is 11.3 Å². The fourth-order valence-electron chi connectivity index (χ4n) is 3.22. The third-order valence-corrected chi connectivity index (χ3v) is 4.76. The maximum atomic E-state index is 11.7. The average Bonchev–Trinajstić information content (AvgIpc) is 3.02. The van der Waals surface area contributed by atoms with Gasteiger partial charge in [-0.2, -0.15) is 0 Å². The van der Waals surface area contributed by atoms with Crippen molar-refractivity contribution in [2.24, 2.45) is 11.8 Å². The Morgan fingerprint density at radius 3 is 2.58 bits per heavy atom. The molecule has 0 aromatic carbocycles. The van der Waals surface area contributed by atoms with Crippen LogP contribution in [0.2, 0.25) is 0 Å². The average molecular weight is 337 g/mol. The molecule has 0 bridgehead atoms. The van der Waals surface area contributed by atoms with E-state index in [4.69, 9.17) is 0 Å². The Balaban J connectivity index is 2.52. The molecular formula is C19H36N4O. The molecule has 0 aliphatic carbocycles. The summed E-state index contributed by atoms with van der Waals surface area (Å²) in [6.45, 7) is 12.1. The summed E-state index contributed by atoms with van der Waals surface area (Å²) in [5.41, 5.74) is 0. The molecule has 5 heteroatoms. The van der Waals surface area contributed by atoms with E-state index in [1.807, 2.05) is 10.9 Å². The third kappa shape index (κ3) is 7.02. The summed E-state index contributed by atoms with van der Waals surface area (Å²) in [6, 6.07) is 0. The minimum atomic E-state index is 0.0279. The zero-order chi connectivity index (χ0) is 17.9. The Labute approximate surface area is 147 Å². The minimum absolute atomic E-state index is 0.0279. The number of rotatable bonds is 12. The number of aromatic nitrogens is 3. The first-order valence-corrected chi connectivity index (χ1v) is 9.69. The molecule has 24 heavy (non-hydrogen) atoms. The number of carbonyl (C=O) groups is 1. The molecule has 0 fully saturated rings. The van der Waals surface area contributed by atoms with Crippen LogP contribution in [0.5, 0.6) is 0 Å². The van der Waals surface area contributed by atoms with Crippen molar-refractivity contribution in [1.82, 2.24) is 15.0 Å². The van der Waals surface area contributed by atoms with Gasteiger partial charge < -0.3 is 0 Å². The maximum Gasteiger partial charge on any atom is 0.225 e. The molecule has 5 nitrogen and oxygen atoms in total. The van der Waals surface area contributed by atoms with Crippen LogP contribution in [0.4, 0.5) is 5.82 Å². The first-order valence-electron chi connectivity index (χ1n) is 9.69. The molecule has 1 heterocycles. The molecule has 2 atom stereocenters. The van der Waals surface area contributed by atoms with E-state index in [-0.39, 0.29) is 5.91 Å². The predicted octanol–water partition coefficient (Wildman–Crippen LogP) is 4.67. The van der Waals surface area contributed by atoms with Crippen molar-refractivity contribution in [1.29, 1.82) is 0 Å². The second-order valence-electron chi connectivity index (χ2n) is 7.06. The number of hydrogen-bond donors (Lipinski definition) is 0. The number of aryl methyl sites for hydroxylation is 1. The van der Waals surface area contributed by atoms with E-state index in [0.29, 0.717) is 12.4 Å². The highest BCUT2D eigenvalue weighted by Gasteiger charge is 2.15. The van der Waals surface area contributed by atoms with Crippen LogP contribution in [0.3, 0.4) is 0 Å². The van der Waals surface area contributed by atoms with Gasteiger partial charge in [0, 0.05) is 20.0 Å². The molecule has 1 rings (SSSR count). The number of anilines is 1. The number of hydrogen-bond acceptors (Lipinski definition) is 3. The van der Waals surface area contributed by atoms with Gasteiger partial charge in [-0.25, -0.2) is 0 Å². The summed E-state index contributed by atoms with van der Waals surface area (Å²) in [4.78, 5) is 13.4. The van der Waals surface area contributed by atoms with Gasteiger partial charge in [0.25, 0.3) is 0 Å². The van der Waals surface area contributed by atoms with E-state index < -0.39 is 0 Å². The quantitative estimate of drug-likeness (QED) is 0.557. The summed E-state index contributed by atoms with van der Waals surface area (Å²) < 4.78 is 1.89. The van der Waals surface area contributed by atoms with Crippen LogP contribution in [0.25, 0.3) is 0 Å². The Morgan fingerprint density at radius 2 is 2.00 bits per heavy atom. The molecule has 0 radical (unpaired) electrons. The smallest absolute Gasteiger partial charge is 0.225 e. The standard InChI is InChI=1S/C19H36N4O/c1-6-9-10-16(4)14-18(8-3)11-13-22-15-19(20-21-22)23(12-7-2)17(5)24/h15-16,18H,6-14H2,1-5H3. The van der Waals surface area contributed by atoms with Crippen LogP contribution in [0, 0.1) is 11.8 Å². The van der Waals surface area contributed by atoms with Crippen molar-refractivity contribution in [2.75, 3.05) is 11.4 Å². The van der Waals surface area contributed by atoms with Crippen LogP contribution in [0.15, 0.2) is 6.20 Å². The van der Waals surface area contributed by atoms with Gasteiger partial charge in [-0.15, -0.1) is 5.10 Å².